The van der Waals surface area contributed by atoms with Crippen LogP contribution in [0.4, 0.5) is 5.69 Å². The monoisotopic (exact) mass is 272 g/mol. The molecule has 7 heteroatoms. The van der Waals surface area contributed by atoms with Crippen LogP contribution in [0.25, 0.3) is 0 Å². The van der Waals surface area contributed by atoms with E-state index >= 15 is 0 Å². The number of rotatable bonds is 4. The molecule has 0 spiro atoms. The minimum Gasteiger partial charge on any atom is -0.376 e. The van der Waals surface area contributed by atoms with Crippen molar-refractivity contribution in [1.29, 1.82) is 5.26 Å². The number of carbonyl (C=O) groups excluding carboxylic acids is 3. The molecule has 2 rings (SSSR count). The van der Waals surface area contributed by atoms with Crippen LogP contribution in [0, 0.1) is 11.3 Å². The van der Waals surface area contributed by atoms with Crippen molar-refractivity contribution in [2.45, 2.75) is 0 Å². The Hall–Kier alpha value is -2.88. The molecule has 102 valence electrons. The Morgan fingerprint density at radius 3 is 2.70 bits per heavy atom. The maximum Gasteiger partial charge on any atom is 0.261 e. The van der Waals surface area contributed by atoms with Gasteiger partial charge in [-0.1, -0.05) is 0 Å². The first-order valence-electron chi connectivity index (χ1n) is 5.88. The molecule has 7 nitrogen and oxygen atoms in total. The van der Waals surface area contributed by atoms with E-state index in [-0.39, 0.29) is 30.8 Å². The molecular formula is C13H12N4O3. The third-order valence-corrected chi connectivity index (χ3v) is 2.91. The largest absolute Gasteiger partial charge is 0.376 e. The quantitative estimate of drug-likeness (QED) is 0.591. The van der Waals surface area contributed by atoms with Gasteiger partial charge in [-0.2, -0.15) is 5.26 Å². The van der Waals surface area contributed by atoms with Gasteiger partial charge in [0.1, 0.15) is 6.54 Å². The Balaban J connectivity index is 2.06. The molecule has 20 heavy (non-hydrogen) atoms. The summed E-state index contributed by atoms with van der Waals surface area (Å²) in [5, 5.41) is 13.5. The summed E-state index contributed by atoms with van der Waals surface area (Å²) in [6, 6.07) is 6.51. The predicted octanol–water partition coefficient (Wildman–Crippen LogP) is -0.0359. The lowest BCUT2D eigenvalue weighted by atomic mass is 10.1. The molecule has 0 fully saturated rings. The average molecular weight is 272 g/mol. The maximum atomic E-state index is 11.8. The highest BCUT2D eigenvalue weighted by Crippen LogP contribution is 2.24. The Labute approximate surface area is 115 Å². The highest BCUT2D eigenvalue weighted by molar-refractivity contribution is 6.21. The zero-order valence-corrected chi connectivity index (χ0v) is 10.8. The Bertz CT molecular complexity index is 633. The van der Waals surface area contributed by atoms with Crippen molar-refractivity contribution in [3.8, 4) is 6.07 Å². The van der Waals surface area contributed by atoms with Crippen molar-refractivity contribution in [2.24, 2.45) is 0 Å². The molecule has 0 aliphatic carbocycles. The SMILES string of the molecule is CN1C(=O)c2ccc(NCC(=O)NCC#N)cc2C1=O. The number of amides is 3. The fourth-order valence-corrected chi connectivity index (χ4v) is 1.85. The van der Waals surface area contributed by atoms with E-state index in [0.29, 0.717) is 16.8 Å². The number of carbonyl (C=O) groups is 3. The van der Waals surface area contributed by atoms with Crippen LogP contribution in [0.15, 0.2) is 18.2 Å². The summed E-state index contributed by atoms with van der Waals surface area (Å²) in [6.45, 7) is -0.0685. The van der Waals surface area contributed by atoms with Crippen LogP contribution in [0.3, 0.4) is 0 Å². The molecule has 0 bridgehead atoms. The van der Waals surface area contributed by atoms with E-state index in [4.69, 9.17) is 5.26 Å². The summed E-state index contributed by atoms with van der Waals surface area (Å²) in [4.78, 5) is 35.9. The van der Waals surface area contributed by atoms with Gasteiger partial charge in [-0.15, -0.1) is 0 Å². The van der Waals surface area contributed by atoms with Gasteiger partial charge < -0.3 is 10.6 Å². The van der Waals surface area contributed by atoms with E-state index in [2.05, 4.69) is 10.6 Å². The highest BCUT2D eigenvalue weighted by Gasteiger charge is 2.32. The molecule has 0 atom stereocenters. The molecule has 0 radical (unpaired) electrons. The molecule has 0 aromatic heterocycles. The van der Waals surface area contributed by atoms with Crippen LogP contribution in [0.1, 0.15) is 20.7 Å². The van der Waals surface area contributed by atoms with Gasteiger partial charge in [0.15, 0.2) is 0 Å². The van der Waals surface area contributed by atoms with Gasteiger partial charge in [0.25, 0.3) is 11.8 Å². The van der Waals surface area contributed by atoms with Crippen molar-refractivity contribution in [1.82, 2.24) is 10.2 Å². The number of nitrogens with one attached hydrogen (secondary N) is 2. The highest BCUT2D eigenvalue weighted by atomic mass is 16.2. The van der Waals surface area contributed by atoms with Gasteiger partial charge in [0, 0.05) is 12.7 Å². The molecule has 1 aliphatic heterocycles. The molecule has 1 aliphatic rings. The molecule has 1 heterocycles. The molecule has 3 amide bonds. The van der Waals surface area contributed by atoms with E-state index in [1.807, 2.05) is 0 Å². The summed E-state index contributed by atoms with van der Waals surface area (Å²) in [5.74, 6) is -1.02. The van der Waals surface area contributed by atoms with Gasteiger partial charge in [-0.05, 0) is 18.2 Å². The number of imide groups is 1. The van der Waals surface area contributed by atoms with Crippen LogP contribution in [0.2, 0.25) is 0 Å². The first kappa shape index (κ1) is 13.5. The molecule has 1 aromatic carbocycles. The summed E-state index contributed by atoms with van der Waals surface area (Å²) in [6.07, 6.45) is 0. The van der Waals surface area contributed by atoms with Crippen LogP contribution in [0.5, 0.6) is 0 Å². The summed E-state index contributed by atoms with van der Waals surface area (Å²) < 4.78 is 0. The van der Waals surface area contributed by atoms with Gasteiger partial charge in [-0.25, -0.2) is 0 Å². The number of anilines is 1. The van der Waals surface area contributed by atoms with Crippen LogP contribution < -0.4 is 10.6 Å². The molecule has 0 unspecified atom stereocenters. The first-order chi connectivity index (χ1) is 9.54. The van der Waals surface area contributed by atoms with Crippen molar-refractivity contribution < 1.29 is 14.4 Å². The standard InChI is InChI=1S/C13H12N4O3/c1-17-12(19)9-3-2-8(6-10(9)13(17)20)16-7-11(18)15-5-4-14/h2-3,6,16H,5,7H2,1H3,(H,15,18). The molecular weight excluding hydrogens is 260 g/mol. The number of benzene rings is 1. The van der Waals surface area contributed by atoms with Crippen LogP contribution >= 0.6 is 0 Å². The minimum absolute atomic E-state index is 0.0154. The van der Waals surface area contributed by atoms with Crippen LogP contribution in [-0.4, -0.2) is 42.8 Å². The summed E-state index contributed by atoms with van der Waals surface area (Å²) >= 11 is 0. The van der Waals surface area contributed by atoms with Gasteiger partial charge in [0.05, 0.1) is 23.7 Å². The first-order valence-corrected chi connectivity index (χ1v) is 5.88. The predicted molar refractivity (Wildman–Crippen MR) is 70.0 cm³/mol. The number of fused-ring (bicyclic) bond motifs is 1. The fraction of sp³-hybridized carbons (Fsp3) is 0.231. The van der Waals surface area contributed by atoms with Gasteiger partial charge in [0.2, 0.25) is 5.91 Å². The Morgan fingerprint density at radius 2 is 2.00 bits per heavy atom. The lowest BCUT2D eigenvalue weighted by Gasteiger charge is -2.06. The van der Waals surface area contributed by atoms with Crippen molar-refractivity contribution >= 4 is 23.4 Å². The van der Waals surface area contributed by atoms with Crippen molar-refractivity contribution in [3.05, 3.63) is 29.3 Å². The third-order valence-electron chi connectivity index (χ3n) is 2.91. The average Bonchev–Trinajstić information content (AvgIpc) is 2.67. The zero-order chi connectivity index (χ0) is 14.7. The van der Waals surface area contributed by atoms with E-state index in [9.17, 15) is 14.4 Å². The summed E-state index contributed by atoms with van der Waals surface area (Å²) in [5.41, 5.74) is 1.24. The molecule has 1 aromatic rings. The van der Waals surface area contributed by atoms with Gasteiger partial charge in [-0.3, -0.25) is 19.3 Å². The number of hydrogen-bond acceptors (Lipinski definition) is 5. The number of nitriles is 1. The fourth-order valence-electron chi connectivity index (χ4n) is 1.85. The molecule has 0 saturated heterocycles. The van der Waals surface area contributed by atoms with Crippen molar-refractivity contribution in [3.63, 3.8) is 0 Å². The lowest BCUT2D eigenvalue weighted by Crippen LogP contribution is -2.30. The van der Waals surface area contributed by atoms with Crippen LogP contribution in [-0.2, 0) is 4.79 Å². The second-order valence-corrected chi connectivity index (χ2v) is 4.22. The maximum absolute atomic E-state index is 11.8. The topological polar surface area (TPSA) is 102 Å². The van der Waals surface area contributed by atoms with Crippen molar-refractivity contribution in [2.75, 3.05) is 25.5 Å². The number of nitrogens with zero attached hydrogens (tertiary/aromatic N) is 2. The second-order valence-electron chi connectivity index (χ2n) is 4.22. The smallest absolute Gasteiger partial charge is 0.261 e. The van der Waals surface area contributed by atoms with E-state index in [0.717, 1.165) is 4.90 Å². The molecule has 0 saturated carbocycles. The number of hydrogen-bond donors (Lipinski definition) is 2. The lowest BCUT2D eigenvalue weighted by molar-refractivity contribution is -0.119. The Kier molecular flexibility index (Phi) is 3.66. The van der Waals surface area contributed by atoms with E-state index < -0.39 is 0 Å². The normalized spacial score (nSPS) is 12.9. The zero-order valence-electron chi connectivity index (χ0n) is 10.8. The minimum atomic E-state index is -0.359. The third kappa shape index (κ3) is 2.44. The van der Waals surface area contributed by atoms with E-state index in [1.54, 1.807) is 18.2 Å². The Morgan fingerprint density at radius 1 is 1.30 bits per heavy atom. The summed E-state index contributed by atoms with van der Waals surface area (Å²) in [7, 11) is 1.42. The second kappa shape index (κ2) is 5.40. The molecule has 2 N–H and O–H groups in total. The van der Waals surface area contributed by atoms with E-state index in [1.165, 1.54) is 13.1 Å². The van der Waals surface area contributed by atoms with Gasteiger partial charge >= 0.3 is 0 Å².